The Kier molecular flexibility index (Phi) is 5.77. The Morgan fingerprint density at radius 1 is 1.35 bits per heavy atom. The van der Waals surface area contributed by atoms with Crippen molar-refractivity contribution in [1.82, 2.24) is 14.5 Å². The van der Waals surface area contributed by atoms with Crippen molar-refractivity contribution < 1.29 is 14.3 Å². The molecule has 0 atom stereocenters. The molecule has 0 aliphatic heterocycles. The Bertz CT molecular complexity index is 697. The number of esters is 1. The van der Waals surface area contributed by atoms with Gasteiger partial charge in [-0.15, -0.1) is 0 Å². The zero-order valence-electron chi connectivity index (χ0n) is 13.9. The number of hydrogen-bond acceptors (Lipinski definition) is 5. The number of nitrogens with zero attached hydrogens (tertiary/aromatic N) is 3. The highest BCUT2D eigenvalue weighted by Crippen LogP contribution is 2.24. The molecule has 0 fully saturated rings. The first-order chi connectivity index (χ1) is 10.8. The molecule has 0 bridgehead atoms. The van der Waals surface area contributed by atoms with Crippen LogP contribution in [0.5, 0.6) is 0 Å². The highest BCUT2D eigenvalue weighted by molar-refractivity contribution is 6.76. The summed E-state index contributed by atoms with van der Waals surface area (Å²) in [4.78, 5) is 20.3. The fraction of sp³-hybridized carbons (Fsp3) is 0.533. The first-order valence-corrected chi connectivity index (χ1v) is 11.7. The van der Waals surface area contributed by atoms with Gasteiger partial charge in [0.05, 0.1) is 12.0 Å². The van der Waals surface area contributed by atoms with E-state index in [1.54, 1.807) is 17.6 Å². The Morgan fingerprint density at radius 3 is 2.74 bits per heavy atom. The van der Waals surface area contributed by atoms with Crippen LogP contribution in [0.2, 0.25) is 30.8 Å². The SMILES string of the molecule is CCOC(=O)c1cc2c(Cl)ncnc2n1COCC[Si](C)(C)C. The van der Waals surface area contributed by atoms with Crippen LogP contribution in [-0.2, 0) is 16.2 Å². The van der Waals surface area contributed by atoms with Crippen LogP contribution < -0.4 is 0 Å². The van der Waals surface area contributed by atoms with E-state index in [1.807, 2.05) is 0 Å². The summed E-state index contributed by atoms with van der Waals surface area (Å²) < 4.78 is 12.5. The monoisotopic (exact) mass is 355 g/mol. The van der Waals surface area contributed by atoms with E-state index in [0.717, 1.165) is 6.04 Å². The maximum atomic E-state index is 12.2. The minimum absolute atomic E-state index is 0.232. The molecule has 2 aromatic rings. The summed E-state index contributed by atoms with van der Waals surface area (Å²) in [7, 11) is -1.16. The highest BCUT2D eigenvalue weighted by Gasteiger charge is 2.20. The van der Waals surface area contributed by atoms with Gasteiger partial charge in [-0.3, -0.25) is 4.57 Å². The van der Waals surface area contributed by atoms with Crippen LogP contribution in [0.15, 0.2) is 12.4 Å². The van der Waals surface area contributed by atoms with Gasteiger partial charge in [-0.2, -0.15) is 0 Å². The lowest BCUT2D eigenvalue weighted by molar-refractivity contribution is 0.0477. The maximum absolute atomic E-state index is 12.2. The van der Waals surface area contributed by atoms with E-state index in [2.05, 4.69) is 29.6 Å². The molecule has 6 nitrogen and oxygen atoms in total. The molecule has 0 spiro atoms. The largest absolute Gasteiger partial charge is 0.461 e. The van der Waals surface area contributed by atoms with Crippen LogP contribution in [0.25, 0.3) is 11.0 Å². The van der Waals surface area contributed by atoms with Gasteiger partial charge in [-0.1, -0.05) is 31.2 Å². The van der Waals surface area contributed by atoms with Crippen LogP contribution in [0.1, 0.15) is 17.4 Å². The molecule has 0 saturated carbocycles. The van der Waals surface area contributed by atoms with Crippen LogP contribution in [0.3, 0.4) is 0 Å². The Labute approximate surface area is 141 Å². The summed E-state index contributed by atoms with van der Waals surface area (Å²) in [6, 6.07) is 2.70. The lowest BCUT2D eigenvalue weighted by atomic mass is 10.3. The van der Waals surface area contributed by atoms with Crippen molar-refractivity contribution in [2.45, 2.75) is 39.3 Å². The fourth-order valence-corrected chi connectivity index (χ4v) is 3.01. The molecule has 23 heavy (non-hydrogen) atoms. The normalized spacial score (nSPS) is 11.9. The Morgan fingerprint density at radius 2 is 2.09 bits per heavy atom. The van der Waals surface area contributed by atoms with Crippen molar-refractivity contribution in [2.75, 3.05) is 13.2 Å². The number of hydrogen-bond donors (Lipinski definition) is 0. The van der Waals surface area contributed by atoms with Crippen molar-refractivity contribution in [3.8, 4) is 0 Å². The zero-order chi connectivity index (χ0) is 17.0. The van der Waals surface area contributed by atoms with E-state index >= 15 is 0 Å². The van der Waals surface area contributed by atoms with Gasteiger partial charge in [-0.25, -0.2) is 14.8 Å². The Balaban J connectivity index is 2.26. The topological polar surface area (TPSA) is 66.2 Å². The molecule has 2 aromatic heterocycles. The van der Waals surface area contributed by atoms with E-state index in [1.165, 1.54) is 6.33 Å². The van der Waals surface area contributed by atoms with Crippen LogP contribution >= 0.6 is 11.6 Å². The molecule has 0 aliphatic rings. The van der Waals surface area contributed by atoms with Crippen molar-refractivity contribution >= 4 is 36.7 Å². The number of rotatable bonds is 7. The van der Waals surface area contributed by atoms with Crippen molar-refractivity contribution in [1.29, 1.82) is 0 Å². The molecule has 0 aliphatic carbocycles. The van der Waals surface area contributed by atoms with Crippen molar-refractivity contribution in [3.05, 3.63) is 23.2 Å². The first-order valence-electron chi connectivity index (χ1n) is 7.58. The lowest BCUT2D eigenvalue weighted by Gasteiger charge is -2.16. The summed E-state index contributed by atoms with van der Waals surface area (Å²) >= 11 is 6.09. The molecule has 0 aromatic carbocycles. The maximum Gasteiger partial charge on any atom is 0.355 e. The minimum Gasteiger partial charge on any atom is -0.461 e. The van der Waals surface area contributed by atoms with E-state index < -0.39 is 14.0 Å². The third kappa shape index (κ3) is 4.52. The molecule has 0 saturated heterocycles. The van der Waals surface area contributed by atoms with Gasteiger partial charge < -0.3 is 9.47 Å². The van der Waals surface area contributed by atoms with E-state index in [0.29, 0.717) is 35.1 Å². The standard InChI is InChI=1S/C15H22ClN3O3Si/c1-5-22-15(20)12-8-11-13(16)17-9-18-14(11)19(12)10-21-6-7-23(2,3)4/h8-9H,5-7,10H2,1-4H3. The quantitative estimate of drug-likeness (QED) is 0.329. The number of fused-ring (bicyclic) bond motifs is 1. The predicted octanol–water partition coefficient (Wildman–Crippen LogP) is 3.57. The van der Waals surface area contributed by atoms with Crippen molar-refractivity contribution in [3.63, 3.8) is 0 Å². The van der Waals surface area contributed by atoms with Gasteiger partial charge in [0.15, 0.2) is 0 Å². The first kappa shape index (κ1) is 17.9. The van der Waals surface area contributed by atoms with Crippen molar-refractivity contribution in [2.24, 2.45) is 0 Å². The number of carbonyl (C=O) groups excluding carboxylic acids is 1. The lowest BCUT2D eigenvalue weighted by Crippen LogP contribution is -2.22. The molecule has 0 radical (unpaired) electrons. The second kappa shape index (κ2) is 7.42. The second-order valence-corrected chi connectivity index (χ2v) is 12.4. The third-order valence-electron chi connectivity index (χ3n) is 3.34. The van der Waals surface area contributed by atoms with Gasteiger partial charge in [0.2, 0.25) is 0 Å². The molecular formula is C15H22ClN3O3Si. The fourth-order valence-electron chi connectivity index (χ4n) is 2.07. The molecule has 8 heteroatoms. The molecule has 2 heterocycles. The summed E-state index contributed by atoms with van der Waals surface area (Å²) in [5.74, 6) is -0.421. The van der Waals surface area contributed by atoms with Crippen LogP contribution in [0, 0.1) is 0 Å². The number of ether oxygens (including phenoxy) is 2. The molecule has 126 valence electrons. The van der Waals surface area contributed by atoms with E-state index in [9.17, 15) is 4.79 Å². The summed E-state index contributed by atoms with van der Waals surface area (Å²) in [5, 5.41) is 0.924. The number of carbonyl (C=O) groups is 1. The molecular weight excluding hydrogens is 334 g/mol. The molecule has 0 amide bonds. The predicted molar refractivity (Wildman–Crippen MR) is 92.6 cm³/mol. The van der Waals surface area contributed by atoms with Gasteiger partial charge >= 0.3 is 5.97 Å². The van der Waals surface area contributed by atoms with Gasteiger partial charge in [0.1, 0.15) is 29.6 Å². The van der Waals surface area contributed by atoms with Gasteiger partial charge in [0, 0.05) is 14.7 Å². The van der Waals surface area contributed by atoms with E-state index in [4.69, 9.17) is 21.1 Å². The second-order valence-electron chi connectivity index (χ2n) is 6.43. The average molecular weight is 356 g/mol. The molecule has 0 N–H and O–H groups in total. The Hall–Kier alpha value is -1.44. The minimum atomic E-state index is -1.16. The summed E-state index contributed by atoms with van der Waals surface area (Å²) in [6.45, 7) is 9.82. The van der Waals surface area contributed by atoms with Crippen LogP contribution in [0.4, 0.5) is 0 Å². The highest BCUT2D eigenvalue weighted by atomic mass is 35.5. The van der Waals surface area contributed by atoms with Crippen LogP contribution in [-0.4, -0.2) is 41.8 Å². The number of halogens is 1. The molecule has 2 rings (SSSR count). The van der Waals surface area contributed by atoms with Gasteiger partial charge in [0.25, 0.3) is 0 Å². The average Bonchev–Trinajstić information content (AvgIpc) is 2.83. The smallest absolute Gasteiger partial charge is 0.355 e. The summed E-state index contributed by atoms with van der Waals surface area (Å²) in [6.07, 6.45) is 1.37. The summed E-state index contributed by atoms with van der Waals surface area (Å²) in [5.41, 5.74) is 0.943. The van der Waals surface area contributed by atoms with E-state index in [-0.39, 0.29) is 6.73 Å². The molecule has 0 unspecified atom stereocenters. The van der Waals surface area contributed by atoms with Gasteiger partial charge in [-0.05, 0) is 19.0 Å². The number of aromatic nitrogens is 3. The zero-order valence-corrected chi connectivity index (χ0v) is 15.7. The third-order valence-corrected chi connectivity index (χ3v) is 5.35.